The molecule has 0 aliphatic heterocycles. The molecule has 0 aliphatic carbocycles. The molecule has 1 atom stereocenters. The minimum absolute atomic E-state index is 0.323. The quantitative estimate of drug-likeness (QED) is 0.703. The number of aromatic nitrogens is 1. The fourth-order valence-corrected chi connectivity index (χ4v) is 2.90. The summed E-state index contributed by atoms with van der Waals surface area (Å²) in [5.74, 6) is 0. The van der Waals surface area contributed by atoms with Gasteiger partial charge in [0.2, 0.25) is 0 Å². The third-order valence-corrected chi connectivity index (χ3v) is 4.12. The second-order valence-corrected chi connectivity index (χ2v) is 5.73. The van der Waals surface area contributed by atoms with Crippen molar-refractivity contribution in [1.29, 1.82) is 0 Å². The smallest absolute Gasteiger partial charge is 0.0900 e. The molecular formula is C13H24N2OS. The first-order valence-corrected chi connectivity index (χ1v) is 7.25. The summed E-state index contributed by atoms with van der Waals surface area (Å²) in [6.45, 7) is 7.71. The third kappa shape index (κ3) is 5.15. The van der Waals surface area contributed by atoms with Crippen molar-refractivity contribution in [3.63, 3.8) is 0 Å². The van der Waals surface area contributed by atoms with Gasteiger partial charge in [0, 0.05) is 17.5 Å². The standard InChI is InChI=1S/C13H24N2OS/c1-10(13-11(2)15-12(3)17-13)14-8-6-4-5-7-9-16/h10,14,16H,4-9H2,1-3H3. The topological polar surface area (TPSA) is 45.2 Å². The van der Waals surface area contributed by atoms with Gasteiger partial charge in [0.05, 0.1) is 10.7 Å². The van der Waals surface area contributed by atoms with Crippen molar-refractivity contribution in [2.75, 3.05) is 13.2 Å². The lowest BCUT2D eigenvalue weighted by Gasteiger charge is -2.12. The summed E-state index contributed by atoms with van der Waals surface area (Å²) in [6.07, 6.45) is 4.44. The largest absolute Gasteiger partial charge is 0.396 e. The Labute approximate surface area is 108 Å². The molecule has 1 aromatic heterocycles. The Bertz CT molecular complexity index is 325. The normalized spacial score (nSPS) is 12.9. The van der Waals surface area contributed by atoms with E-state index in [4.69, 9.17) is 5.11 Å². The van der Waals surface area contributed by atoms with Gasteiger partial charge in [-0.3, -0.25) is 0 Å². The van der Waals surface area contributed by atoms with Crippen LogP contribution in [0.15, 0.2) is 0 Å². The zero-order chi connectivity index (χ0) is 12.7. The Balaban J connectivity index is 2.21. The maximum atomic E-state index is 8.67. The van der Waals surface area contributed by atoms with Crippen molar-refractivity contribution in [3.8, 4) is 0 Å². The van der Waals surface area contributed by atoms with Crippen molar-refractivity contribution in [1.82, 2.24) is 10.3 Å². The molecule has 0 saturated carbocycles. The van der Waals surface area contributed by atoms with E-state index < -0.39 is 0 Å². The van der Waals surface area contributed by atoms with Gasteiger partial charge in [-0.15, -0.1) is 11.3 Å². The van der Waals surface area contributed by atoms with Crippen LogP contribution in [-0.4, -0.2) is 23.2 Å². The summed E-state index contributed by atoms with van der Waals surface area (Å²) < 4.78 is 0. The average molecular weight is 256 g/mol. The van der Waals surface area contributed by atoms with Crippen molar-refractivity contribution in [3.05, 3.63) is 15.6 Å². The number of thiazole rings is 1. The monoisotopic (exact) mass is 256 g/mol. The molecule has 0 spiro atoms. The second kappa shape index (κ2) is 7.80. The molecule has 2 N–H and O–H groups in total. The molecule has 0 amide bonds. The van der Waals surface area contributed by atoms with Crippen molar-refractivity contribution < 1.29 is 5.11 Å². The average Bonchev–Trinajstić information content (AvgIpc) is 2.62. The van der Waals surface area contributed by atoms with Gasteiger partial charge in [0.1, 0.15) is 0 Å². The summed E-state index contributed by atoms with van der Waals surface area (Å²) in [5.41, 5.74) is 1.16. The van der Waals surface area contributed by atoms with E-state index in [1.54, 1.807) is 11.3 Å². The molecule has 0 saturated heterocycles. The van der Waals surface area contributed by atoms with Crippen LogP contribution in [0.2, 0.25) is 0 Å². The number of aliphatic hydroxyl groups is 1. The minimum Gasteiger partial charge on any atom is -0.396 e. The predicted octanol–water partition coefficient (Wildman–Crippen LogP) is 2.96. The highest BCUT2D eigenvalue weighted by molar-refractivity contribution is 7.11. The van der Waals surface area contributed by atoms with Crippen LogP contribution in [0, 0.1) is 13.8 Å². The lowest BCUT2D eigenvalue weighted by Crippen LogP contribution is -2.19. The van der Waals surface area contributed by atoms with Crippen LogP contribution in [0.25, 0.3) is 0 Å². The molecule has 0 fully saturated rings. The minimum atomic E-state index is 0.323. The number of nitrogens with zero attached hydrogens (tertiary/aromatic N) is 1. The Morgan fingerprint density at radius 1 is 1.24 bits per heavy atom. The van der Waals surface area contributed by atoms with E-state index in [0.717, 1.165) is 30.1 Å². The van der Waals surface area contributed by atoms with E-state index in [9.17, 15) is 0 Å². The van der Waals surface area contributed by atoms with Crippen LogP contribution in [-0.2, 0) is 0 Å². The molecule has 4 heteroatoms. The molecular weight excluding hydrogens is 232 g/mol. The van der Waals surface area contributed by atoms with Gasteiger partial charge in [0.15, 0.2) is 0 Å². The summed E-state index contributed by atoms with van der Waals surface area (Å²) in [7, 11) is 0. The van der Waals surface area contributed by atoms with Gasteiger partial charge in [0.25, 0.3) is 0 Å². The lowest BCUT2D eigenvalue weighted by atomic mass is 10.2. The van der Waals surface area contributed by atoms with Gasteiger partial charge >= 0.3 is 0 Å². The summed E-state index contributed by atoms with van der Waals surface area (Å²) >= 11 is 1.79. The number of unbranched alkanes of at least 4 members (excludes halogenated alkanes) is 3. The molecule has 0 radical (unpaired) electrons. The van der Waals surface area contributed by atoms with E-state index >= 15 is 0 Å². The molecule has 0 aromatic carbocycles. The maximum absolute atomic E-state index is 8.67. The van der Waals surface area contributed by atoms with Gasteiger partial charge in [-0.05, 0) is 40.2 Å². The SMILES string of the molecule is Cc1nc(C)c(C(C)NCCCCCCO)s1. The maximum Gasteiger partial charge on any atom is 0.0900 e. The van der Waals surface area contributed by atoms with E-state index in [2.05, 4.69) is 31.1 Å². The molecule has 1 heterocycles. The van der Waals surface area contributed by atoms with Gasteiger partial charge < -0.3 is 10.4 Å². The summed E-state index contributed by atoms with van der Waals surface area (Å²) in [4.78, 5) is 5.81. The molecule has 1 rings (SSSR count). The van der Waals surface area contributed by atoms with E-state index in [1.165, 1.54) is 17.7 Å². The summed E-state index contributed by atoms with van der Waals surface area (Å²) in [5, 5.41) is 13.4. The number of hydrogen-bond donors (Lipinski definition) is 2. The van der Waals surface area contributed by atoms with E-state index in [1.807, 2.05) is 0 Å². The summed E-state index contributed by atoms with van der Waals surface area (Å²) in [6, 6.07) is 0.402. The van der Waals surface area contributed by atoms with Crippen LogP contribution in [0.1, 0.15) is 54.2 Å². The third-order valence-electron chi connectivity index (χ3n) is 2.87. The van der Waals surface area contributed by atoms with Crippen molar-refractivity contribution in [2.24, 2.45) is 0 Å². The number of aliphatic hydroxyl groups excluding tert-OH is 1. The van der Waals surface area contributed by atoms with Crippen LogP contribution < -0.4 is 5.32 Å². The Kier molecular flexibility index (Phi) is 6.70. The van der Waals surface area contributed by atoms with Crippen molar-refractivity contribution >= 4 is 11.3 Å². The van der Waals surface area contributed by atoms with Crippen LogP contribution in [0.5, 0.6) is 0 Å². The first-order valence-electron chi connectivity index (χ1n) is 6.43. The number of nitrogens with one attached hydrogen (secondary N) is 1. The first kappa shape index (κ1) is 14.6. The van der Waals surface area contributed by atoms with Crippen LogP contribution >= 0.6 is 11.3 Å². The Morgan fingerprint density at radius 3 is 2.53 bits per heavy atom. The molecule has 17 heavy (non-hydrogen) atoms. The second-order valence-electron chi connectivity index (χ2n) is 4.50. The highest BCUT2D eigenvalue weighted by Crippen LogP contribution is 2.24. The fraction of sp³-hybridized carbons (Fsp3) is 0.769. The first-order chi connectivity index (χ1) is 8.15. The highest BCUT2D eigenvalue weighted by Gasteiger charge is 2.11. The van der Waals surface area contributed by atoms with E-state index in [-0.39, 0.29) is 0 Å². The molecule has 0 aliphatic rings. The van der Waals surface area contributed by atoms with Gasteiger partial charge in [-0.2, -0.15) is 0 Å². The number of rotatable bonds is 8. The zero-order valence-corrected chi connectivity index (χ0v) is 11.9. The molecule has 98 valence electrons. The Hall–Kier alpha value is -0.450. The van der Waals surface area contributed by atoms with E-state index in [0.29, 0.717) is 12.6 Å². The van der Waals surface area contributed by atoms with Gasteiger partial charge in [-0.1, -0.05) is 12.8 Å². The molecule has 1 unspecified atom stereocenters. The lowest BCUT2D eigenvalue weighted by molar-refractivity contribution is 0.282. The van der Waals surface area contributed by atoms with Crippen LogP contribution in [0.3, 0.4) is 0 Å². The zero-order valence-electron chi connectivity index (χ0n) is 11.1. The number of hydrogen-bond acceptors (Lipinski definition) is 4. The predicted molar refractivity (Wildman–Crippen MR) is 73.6 cm³/mol. The number of aryl methyl sites for hydroxylation is 2. The van der Waals surface area contributed by atoms with Gasteiger partial charge in [-0.25, -0.2) is 4.98 Å². The molecule has 0 bridgehead atoms. The molecule has 3 nitrogen and oxygen atoms in total. The highest BCUT2D eigenvalue weighted by atomic mass is 32.1. The van der Waals surface area contributed by atoms with Crippen molar-refractivity contribution in [2.45, 2.75) is 52.5 Å². The Morgan fingerprint density at radius 2 is 1.94 bits per heavy atom. The van der Waals surface area contributed by atoms with Crippen LogP contribution in [0.4, 0.5) is 0 Å². The molecule has 1 aromatic rings. The fourth-order valence-electron chi connectivity index (χ4n) is 1.95.